The third-order valence-electron chi connectivity index (χ3n) is 4.26. The number of morpholine rings is 1. The van der Waals surface area contributed by atoms with Gasteiger partial charge in [0.05, 0.1) is 28.4 Å². The predicted molar refractivity (Wildman–Crippen MR) is 104 cm³/mol. The van der Waals surface area contributed by atoms with E-state index in [-0.39, 0.29) is 11.3 Å². The number of para-hydroxylation sites is 1. The molecular formula is C18H16N4O4S. The van der Waals surface area contributed by atoms with E-state index in [0.717, 1.165) is 28.4 Å². The van der Waals surface area contributed by atoms with E-state index in [1.807, 2.05) is 12.1 Å². The number of benzene rings is 2. The number of anilines is 2. The Morgan fingerprint density at radius 1 is 1.22 bits per heavy atom. The van der Waals surface area contributed by atoms with E-state index in [1.54, 1.807) is 23.5 Å². The van der Waals surface area contributed by atoms with E-state index >= 15 is 0 Å². The van der Waals surface area contributed by atoms with Crippen molar-refractivity contribution >= 4 is 44.0 Å². The zero-order valence-corrected chi connectivity index (χ0v) is 15.1. The fourth-order valence-electron chi connectivity index (χ4n) is 2.90. The van der Waals surface area contributed by atoms with Crippen molar-refractivity contribution in [3.05, 3.63) is 58.1 Å². The highest BCUT2D eigenvalue weighted by Gasteiger charge is 2.20. The number of carbonyl (C=O) groups excluding carboxylic acids is 1. The average molecular weight is 384 g/mol. The SMILES string of the molecule is O=C(Nc1ccc2nc(N3CCOCC3)sc2c1)c1ccccc1[N+](=O)[O-]. The quantitative estimate of drug-likeness (QED) is 0.548. The Morgan fingerprint density at radius 3 is 2.78 bits per heavy atom. The van der Waals surface area contributed by atoms with Gasteiger partial charge in [-0.15, -0.1) is 0 Å². The van der Waals surface area contributed by atoms with Crippen molar-refractivity contribution in [1.29, 1.82) is 0 Å². The van der Waals surface area contributed by atoms with Crippen LogP contribution in [-0.4, -0.2) is 42.1 Å². The molecule has 1 saturated heterocycles. The molecule has 2 heterocycles. The Morgan fingerprint density at radius 2 is 2.00 bits per heavy atom. The summed E-state index contributed by atoms with van der Waals surface area (Å²) in [4.78, 5) is 29.8. The summed E-state index contributed by atoms with van der Waals surface area (Å²) in [6.07, 6.45) is 0. The Kier molecular flexibility index (Phi) is 4.69. The molecule has 0 atom stereocenters. The molecular weight excluding hydrogens is 368 g/mol. The molecule has 0 radical (unpaired) electrons. The first-order valence-electron chi connectivity index (χ1n) is 8.40. The van der Waals surface area contributed by atoms with Gasteiger partial charge in [0.1, 0.15) is 5.56 Å². The molecule has 8 nitrogen and oxygen atoms in total. The van der Waals surface area contributed by atoms with E-state index in [1.165, 1.54) is 18.2 Å². The van der Waals surface area contributed by atoms with Crippen molar-refractivity contribution in [3.8, 4) is 0 Å². The van der Waals surface area contributed by atoms with Crippen LogP contribution < -0.4 is 10.2 Å². The van der Waals surface area contributed by atoms with Crippen molar-refractivity contribution in [2.75, 3.05) is 36.5 Å². The summed E-state index contributed by atoms with van der Waals surface area (Å²) in [6, 6.07) is 11.3. The van der Waals surface area contributed by atoms with E-state index in [9.17, 15) is 14.9 Å². The Labute approximate surface area is 158 Å². The fraction of sp³-hybridized carbons (Fsp3) is 0.222. The maximum Gasteiger partial charge on any atom is 0.282 e. The van der Waals surface area contributed by atoms with Gasteiger partial charge in [0.15, 0.2) is 5.13 Å². The lowest BCUT2D eigenvalue weighted by atomic mass is 10.1. The standard InChI is InChI=1S/C18H16N4O4S/c23-17(13-3-1-2-4-15(13)22(24)25)19-12-5-6-14-16(11-12)27-18(20-14)21-7-9-26-10-8-21/h1-6,11H,7-10H2,(H,19,23). The molecule has 0 unspecified atom stereocenters. The molecule has 138 valence electrons. The van der Waals surface area contributed by atoms with Gasteiger partial charge in [0.2, 0.25) is 0 Å². The summed E-state index contributed by atoms with van der Waals surface area (Å²) >= 11 is 1.55. The maximum atomic E-state index is 12.5. The highest BCUT2D eigenvalue weighted by molar-refractivity contribution is 7.22. The maximum absolute atomic E-state index is 12.5. The summed E-state index contributed by atoms with van der Waals surface area (Å²) in [5, 5.41) is 14.8. The molecule has 4 rings (SSSR count). The van der Waals surface area contributed by atoms with Gasteiger partial charge < -0.3 is 15.0 Å². The Hall–Kier alpha value is -3.04. The summed E-state index contributed by atoms with van der Waals surface area (Å²) < 4.78 is 6.31. The number of aromatic nitrogens is 1. The zero-order chi connectivity index (χ0) is 18.8. The van der Waals surface area contributed by atoms with Crippen LogP contribution >= 0.6 is 11.3 Å². The molecule has 3 aromatic rings. The lowest BCUT2D eigenvalue weighted by Crippen LogP contribution is -2.36. The number of hydrogen-bond acceptors (Lipinski definition) is 7. The summed E-state index contributed by atoms with van der Waals surface area (Å²) in [7, 11) is 0. The highest BCUT2D eigenvalue weighted by Crippen LogP contribution is 2.31. The van der Waals surface area contributed by atoms with Crippen molar-refractivity contribution in [2.45, 2.75) is 0 Å². The van der Waals surface area contributed by atoms with Gasteiger partial charge in [0, 0.05) is 24.8 Å². The average Bonchev–Trinajstić information content (AvgIpc) is 3.12. The zero-order valence-electron chi connectivity index (χ0n) is 14.3. The number of rotatable bonds is 4. The number of hydrogen-bond donors (Lipinski definition) is 1. The molecule has 1 aliphatic rings. The molecule has 0 spiro atoms. The molecule has 1 aliphatic heterocycles. The molecule has 0 saturated carbocycles. The number of thiazole rings is 1. The van der Waals surface area contributed by atoms with E-state index in [0.29, 0.717) is 18.9 Å². The summed E-state index contributed by atoms with van der Waals surface area (Å²) in [5.74, 6) is -0.514. The van der Waals surface area contributed by atoms with Gasteiger partial charge in [-0.1, -0.05) is 23.5 Å². The number of nitro groups is 1. The molecule has 2 aromatic carbocycles. The number of nitrogens with zero attached hydrogens (tertiary/aromatic N) is 3. The molecule has 9 heteroatoms. The number of carbonyl (C=O) groups is 1. The topological polar surface area (TPSA) is 97.6 Å². The Bertz CT molecular complexity index is 1010. The van der Waals surface area contributed by atoms with Crippen molar-refractivity contribution in [1.82, 2.24) is 4.98 Å². The number of nitro benzene ring substituents is 1. The first kappa shape index (κ1) is 17.4. The minimum Gasteiger partial charge on any atom is -0.378 e. The molecule has 1 N–H and O–H groups in total. The fourth-order valence-corrected chi connectivity index (χ4v) is 3.96. The second kappa shape index (κ2) is 7.29. The normalized spacial score (nSPS) is 14.3. The van der Waals surface area contributed by atoms with E-state index in [4.69, 9.17) is 4.74 Å². The molecule has 27 heavy (non-hydrogen) atoms. The van der Waals surface area contributed by atoms with Gasteiger partial charge in [-0.3, -0.25) is 14.9 Å². The van der Waals surface area contributed by atoms with Crippen LogP contribution in [0.4, 0.5) is 16.5 Å². The first-order valence-corrected chi connectivity index (χ1v) is 9.21. The number of nitrogens with one attached hydrogen (secondary N) is 1. The van der Waals surface area contributed by atoms with Crippen molar-refractivity contribution in [3.63, 3.8) is 0 Å². The molecule has 0 bridgehead atoms. The summed E-state index contributed by atoms with van der Waals surface area (Å²) in [5.41, 5.74) is 1.23. The first-order chi connectivity index (χ1) is 13.1. The van der Waals surface area contributed by atoms with Crippen LogP contribution in [0.2, 0.25) is 0 Å². The van der Waals surface area contributed by atoms with Crippen molar-refractivity contribution < 1.29 is 14.5 Å². The Balaban J connectivity index is 1.57. The van der Waals surface area contributed by atoms with Gasteiger partial charge in [-0.05, 0) is 24.3 Å². The van der Waals surface area contributed by atoms with E-state index in [2.05, 4.69) is 15.2 Å². The second-order valence-corrected chi connectivity index (χ2v) is 7.02. The van der Waals surface area contributed by atoms with Crippen LogP contribution in [0.1, 0.15) is 10.4 Å². The lowest BCUT2D eigenvalue weighted by molar-refractivity contribution is -0.385. The largest absolute Gasteiger partial charge is 0.378 e. The third kappa shape index (κ3) is 3.60. The van der Waals surface area contributed by atoms with Gasteiger partial charge >= 0.3 is 0 Å². The molecule has 1 fully saturated rings. The molecule has 0 aliphatic carbocycles. The predicted octanol–water partition coefficient (Wildman–Crippen LogP) is 3.29. The third-order valence-corrected chi connectivity index (χ3v) is 5.34. The number of ether oxygens (including phenoxy) is 1. The second-order valence-electron chi connectivity index (χ2n) is 6.01. The number of amides is 1. The van der Waals surface area contributed by atoms with Crippen LogP contribution in [0.5, 0.6) is 0 Å². The smallest absolute Gasteiger partial charge is 0.282 e. The van der Waals surface area contributed by atoms with Crippen LogP contribution in [0.25, 0.3) is 10.2 Å². The van der Waals surface area contributed by atoms with E-state index < -0.39 is 10.8 Å². The van der Waals surface area contributed by atoms with Gasteiger partial charge in [-0.2, -0.15) is 0 Å². The van der Waals surface area contributed by atoms with Gasteiger partial charge in [0.25, 0.3) is 11.6 Å². The van der Waals surface area contributed by atoms with Crippen molar-refractivity contribution in [2.24, 2.45) is 0 Å². The lowest BCUT2D eigenvalue weighted by Gasteiger charge is -2.25. The van der Waals surface area contributed by atoms with Gasteiger partial charge in [-0.25, -0.2) is 4.98 Å². The minimum absolute atomic E-state index is 0.0286. The number of fused-ring (bicyclic) bond motifs is 1. The van der Waals surface area contributed by atoms with Crippen LogP contribution in [0, 0.1) is 10.1 Å². The molecule has 1 aromatic heterocycles. The van der Waals surface area contributed by atoms with Crippen LogP contribution in [0.15, 0.2) is 42.5 Å². The highest BCUT2D eigenvalue weighted by atomic mass is 32.1. The van der Waals surface area contributed by atoms with Crippen LogP contribution in [-0.2, 0) is 4.74 Å². The molecule has 1 amide bonds. The van der Waals surface area contributed by atoms with Crippen LogP contribution in [0.3, 0.4) is 0 Å². The minimum atomic E-state index is -0.560. The summed E-state index contributed by atoms with van der Waals surface area (Å²) in [6.45, 7) is 2.99. The monoisotopic (exact) mass is 384 g/mol.